The predicted octanol–water partition coefficient (Wildman–Crippen LogP) is 0.890. The Kier molecular flexibility index (Phi) is 4.87. The monoisotopic (exact) mass is 309 g/mol. The summed E-state index contributed by atoms with van der Waals surface area (Å²) in [6.07, 6.45) is -0.130. The lowest BCUT2D eigenvalue weighted by Crippen LogP contribution is -2.49. The van der Waals surface area contributed by atoms with Crippen molar-refractivity contribution >= 4 is 11.9 Å². The molecule has 7 heteroatoms. The molecule has 7 nitrogen and oxygen atoms in total. The highest BCUT2D eigenvalue weighted by Gasteiger charge is 2.26. The van der Waals surface area contributed by atoms with Crippen LogP contribution < -0.4 is 0 Å². The fourth-order valence-corrected chi connectivity index (χ4v) is 2.37. The summed E-state index contributed by atoms with van der Waals surface area (Å²) in [4.78, 5) is 25.5. The predicted molar refractivity (Wildman–Crippen MR) is 76.6 cm³/mol. The number of carbonyl (C=O) groups is 2. The van der Waals surface area contributed by atoms with Gasteiger partial charge in [-0.2, -0.15) is 0 Å². The van der Waals surface area contributed by atoms with E-state index in [9.17, 15) is 19.8 Å². The van der Waals surface area contributed by atoms with Gasteiger partial charge in [-0.3, -0.25) is 4.79 Å². The first-order valence-corrected chi connectivity index (χ1v) is 6.99. The molecule has 0 spiro atoms. The van der Waals surface area contributed by atoms with Crippen molar-refractivity contribution in [2.45, 2.75) is 26.1 Å². The van der Waals surface area contributed by atoms with Gasteiger partial charge in [-0.1, -0.05) is 0 Å². The average Bonchev–Trinajstić information content (AvgIpc) is 2.43. The molecule has 0 saturated carbocycles. The fraction of sp³-hybridized carbons (Fsp3) is 0.467. The lowest BCUT2D eigenvalue weighted by Gasteiger charge is -2.35. The van der Waals surface area contributed by atoms with Crippen LogP contribution in [-0.4, -0.2) is 58.9 Å². The molecule has 1 aromatic rings. The number of hydrogen-bond donors (Lipinski definition) is 2. The molecule has 2 N–H and O–H groups in total. The van der Waals surface area contributed by atoms with E-state index < -0.39 is 18.3 Å². The molecule has 1 saturated heterocycles. The molecule has 1 fully saturated rings. The van der Waals surface area contributed by atoms with E-state index in [1.165, 1.54) is 12.1 Å². The van der Waals surface area contributed by atoms with Gasteiger partial charge in [-0.25, -0.2) is 4.79 Å². The number of amides is 1. The molecular formula is C15H19NO6. The van der Waals surface area contributed by atoms with Gasteiger partial charge in [0.15, 0.2) is 6.61 Å². The van der Waals surface area contributed by atoms with Gasteiger partial charge in [-0.15, -0.1) is 0 Å². The summed E-state index contributed by atoms with van der Waals surface area (Å²) in [5.41, 5.74) is -0.102. The number of nitrogens with zero attached hydrogens (tertiary/aromatic N) is 1. The lowest BCUT2D eigenvalue weighted by atomic mass is 10.2. The van der Waals surface area contributed by atoms with Gasteiger partial charge in [0.1, 0.15) is 17.1 Å². The summed E-state index contributed by atoms with van der Waals surface area (Å²) < 4.78 is 10.5. The van der Waals surface area contributed by atoms with Crippen molar-refractivity contribution in [2.75, 3.05) is 19.7 Å². The highest BCUT2D eigenvalue weighted by molar-refractivity contribution is 5.94. The van der Waals surface area contributed by atoms with Crippen LogP contribution in [0.4, 0.5) is 0 Å². The van der Waals surface area contributed by atoms with Crippen molar-refractivity contribution in [3.63, 3.8) is 0 Å². The summed E-state index contributed by atoms with van der Waals surface area (Å²) in [6.45, 7) is 4.24. The van der Waals surface area contributed by atoms with Crippen molar-refractivity contribution in [1.29, 1.82) is 0 Å². The quantitative estimate of drug-likeness (QED) is 0.805. The van der Waals surface area contributed by atoms with E-state index in [0.29, 0.717) is 13.1 Å². The average molecular weight is 309 g/mol. The number of aromatic hydroxyl groups is 2. The molecule has 0 aliphatic carbocycles. The van der Waals surface area contributed by atoms with Crippen LogP contribution >= 0.6 is 0 Å². The minimum Gasteiger partial charge on any atom is -0.508 e. The Hall–Kier alpha value is -2.28. The largest absolute Gasteiger partial charge is 0.508 e. The van der Waals surface area contributed by atoms with Crippen molar-refractivity contribution in [2.24, 2.45) is 0 Å². The zero-order valence-corrected chi connectivity index (χ0v) is 12.5. The number of benzene rings is 1. The smallest absolute Gasteiger partial charge is 0.342 e. The molecule has 0 bridgehead atoms. The summed E-state index contributed by atoms with van der Waals surface area (Å²) in [7, 11) is 0. The van der Waals surface area contributed by atoms with E-state index in [4.69, 9.17) is 9.47 Å². The SMILES string of the molecule is CC1CN(C(=O)COC(=O)c2ccc(O)cc2O)CC(C)O1. The molecule has 2 unspecified atom stereocenters. The van der Waals surface area contributed by atoms with Crippen LogP contribution in [0.3, 0.4) is 0 Å². The molecule has 2 rings (SSSR count). The van der Waals surface area contributed by atoms with E-state index >= 15 is 0 Å². The van der Waals surface area contributed by atoms with Crippen molar-refractivity contribution < 1.29 is 29.3 Å². The van der Waals surface area contributed by atoms with Gasteiger partial charge in [0, 0.05) is 19.2 Å². The second-order valence-electron chi connectivity index (χ2n) is 5.33. The Morgan fingerprint density at radius 1 is 1.27 bits per heavy atom. The number of phenolic OH excluding ortho intramolecular Hbond substituents is 2. The minimum atomic E-state index is -0.819. The van der Waals surface area contributed by atoms with Crippen LogP contribution in [0.1, 0.15) is 24.2 Å². The van der Waals surface area contributed by atoms with Crippen molar-refractivity contribution in [1.82, 2.24) is 4.90 Å². The number of carbonyl (C=O) groups excluding carboxylic acids is 2. The molecule has 1 heterocycles. The highest BCUT2D eigenvalue weighted by atomic mass is 16.5. The third kappa shape index (κ3) is 3.88. The number of phenols is 2. The van der Waals surface area contributed by atoms with Crippen molar-refractivity contribution in [3.05, 3.63) is 23.8 Å². The van der Waals surface area contributed by atoms with Gasteiger partial charge >= 0.3 is 5.97 Å². The molecule has 1 amide bonds. The van der Waals surface area contributed by atoms with Crippen LogP contribution in [0, 0.1) is 0 Å². The molecule has 0 radical (unpaired) electrons. The van der Waals surface area contributed by atoms with E-state index in [1.54, 1.807) is 4.90 Å². The normalized spacial score (nSPS) is 21.5. The van der Waals surface area contributed by atoms with E-state index in [-0.39, 0.29) is 29.4 Å². The topological polar surface area (TPSA) is 96.3 Å². The number of rotatable bonds is 3. The zero-order valence-electron chi connectivity index (χ0n) is 12.5. The van der Waals surface area contributed by atoms with Crippen LogP contribution in [0.5, 0.6) is 11.5 Å². The van der Waals surface area contributed by atoms with Crippen molar-refractivity contribution in [3.8, 4) is 11.5 Å². The van der Waals surface area contributed by atoms with Gasteiger partial charge in [0.2, 0.25) is 0 Å². The number of morpholine rings is 1. The lowest BCUT2D eigenvalue weighted by molar-refractivity contribution is -0.146. The number of esters is 1. The van der Waals surface area contributed by atoms with Gasteiger partial charge in [-0.05, 0) is 26.0 Å². The molecule has 2 atom stereocenters. The molecule has 0 aromatic heterocycles. The van der Waals surface area contributed by atoms with E-state index in [2.05, 4.69) is 0 Å². The Labute approximate surface area is 128 Å². The Bertz CT molecular complexity index is 563. The zero-order chi connectivity index (χ0) is 16.3. The fourth-order valence-electron chi connectivity index (χ4n) is 2.37. The van der Waals surface area contributed by atoms with Gasteiger partial charge in [0.25, 0.3) is 5.91 Å². The van der Waals surface area contributed by atoms with Gasteiger partial charge < -0.3 is 24.6 Å². The summed E-state index contributed by atoms with van der Waals surface area (Å²) in [6, 6.07) is 3.52. The Balaban J connectivity index is 1.91. The van der Waals surface area contributed by atoms with Crippen LogP contribution in [0.25, 0.3) is 0 Å². The van der Waals surface area contributed by atoms with E-state index in [1.807, 2.05) is 13.8 Å². The number of hydrogen-bond acceptors (Lipinski definition) is 6. The summed E-state index contributed by atoms with van der Waals surface area (Å²) in [5.74, 6) is -1.69. The maximum absolute atomic E-state index is 12.1. The standard InChI is InChI=1S/C15H19NO6/c1-9-6-16(7-10(2)22-9)14(19)8-21-15(20)12-4-3-11(17)5-13(12)18/h3-5,9-10,17-18H,6-8H2,1-2H3. The molecule has 1 aliphatic rings. The second-order valence-corrected chi connectivity index (χ2v) is 5.33. The third-order valence-corrected chi connectivity index (χ3v) is 3.30. The minimum absolute atomic E-state index is 0.0652. The van der Waals surface area contributed by atoms with Crippen LogP contribution in [0.2, 0.25) is 0 Å². The van der Waals surface area contributed by atoms with Crippen LogP contribution in [-0.2, 0) is 14.3 Å². The van der Waals surface area contributed by atoms with E-state index in [0.717, 1.165) is 6.07 Å². The summed E-state index contributed by atoms with van der Waals surface area (Å²) >= 11 is 0. The molecular weight excluding hydrogens is 290 g/mol. The molecule has 120 valence electrons. The Morgan fingerprint density at radius 2 is 1.91 bits per heavy atom. The molecule has 22 heavy (non-hydrogen) atoms. The molecule has 1 aliphatic heterocycles. The highest BCUT2D eigenvalue weighted by Crippen LogP contribution is 2.23. The molecule has 1 aromatic carbocycles. The maximum Gasteiger partial charge on any atom is 0.342 e. The number of ether oxygens (including phenoxy) is 2. The van der Waals surface area contributed by atoms with Gasteiger partial charge in [0.05, 0.1) is 12.2 Å². The first-order valence-electron chi connectivity index (χ1n) is 6.99. The maximum atomic E-state index is 12.1. The van der Waals surface area contributed by atoms with Crippen LogP contribution in [0.15, 0.2) is 18.2 Å². The Morgan fingerprint density at radius 3 is 2.50 bits per heavy atom. The first-order chi connectivity index (χ1) is 10.4. The summed E-state index contributed by atoms with van der Waals surface area (Å²) in [5, 5.41) is 18.7. The second kappa shape index (κ2) is 6.65. The third-order valence-electron chi connectivity index (χ3n) is 3.30. The first kappa shape index (κ1) is 16.1.